The average molecular weight is 473 g/mol. The quantitative estimate of drug-likeness (QED) is 0.446. The van der Waals surface area contributed by atoms with Crippen molar-refractivity contribution in [1.29, 1.82) is 0 Å². The lowest BCUT2D eigenvalue weighted by Crippen LogP contribution is -2.29. The number of carbonyl (C=O) groups is 1. The smallest absolute Gasteiger partial charge is 0.258 e. The Kier molecular flexibility index (Phi) is 5.98. The van der Waals surface area contributed by atoms with Gasteiger partial charge >= 0.3 is 0 Å². The van der Waals surface area contributed by atoms with Gasteiger partial charge in [0.05, 0.1) is 17.8 Å². The number of hydrazone groups is 1. The molecular weight excluding hydrogens is 447 g/mol. The molecule has 35 heavy (non-hydrogen) atoms. The highest BCUT2D eigenvalue weighted by molar-refractivity contribution is 6.16. The Morgan fingerprint density at radius 1 is 1.09 bits per heavy atom. The zero-order chi connectivity index (χ0) is 24.5. The fourth-order valence-corrected chi connectivity index (χ4v) is 4.66. The minimum atomic E-state index is -0.481. The molecule has 9 heteroatoms. The first kappa shape index (κ1) is 22.6. The summed E-state index contributed by atoms with van der Waals surface area (Å²) in [7, 11) is 0. The van der Waals surface area contributed by atoms with Crippen LogP contribution in [0.3, 0.4) is 0 Å². The van der Waals surface area contributed by atoms with Gasteiger partial charge in [-0.05, 0) is 30.0 Å². The molecule has 0 unspecified atom stereocenters. The van der Waals surface area contributed by atoms with Crippen LogP contribution < -0.4 is 11.0 Å². The number of carbonyl (C=O) groups excluding carboxylic acids is 1. The summed E-state index contributed by atoms with van der Waals surface area (Å²) in [6, 6.07) is 13.0. The largest absolute Gasteiger partial charge is 0.277 e. The second kappa shape index (κ2) is 9.25. The first-order chi connectivity index (χ1) is 17.0. The first-order valence-electron chi connectivity index (χ1n) is 11.7. The van der Waals surface area contributed by atoms with E-state index in [-0.39, 0.29) is 29.9 Å². The van der Waals surface area contributed by atoms with Gasteiger partial charge in [-0.3, -0.25) is 14.2 Å². The van der Waals surface area contributed by atoms with Gasteiger partial charge in [-0.2, -0.15) is 15.2 Å². The number of amides is 1. The van der Waals surface area contributed by atoms with E-state index in [2.05, 4.69) is 20.6 Å². The van der Waals surface area contributed by atoms with E-state index in [1.165, 1.54) is 6.33 Å². The van der Waals surface area contributed by atoms with Gasteiger partial charge in [-0.15, -0.1) is 0 Å². The van der Waals surface area contributed by atoms with Crippen LogP contribution in [0.1, 0.15) is 49.1 Å². The molecule has 2 aromatic carbocycles. The van der Waals surface area contributed by atoms with E-state index in [0.29, 0.717) is 41.1 Å². The molecule has 8 nitrogen and oxygen atoms in total. The maximum atomic E-state index is 16.2. The van der Waals surface area contributed by atoms with Crippen LogP contribution in [-0.2, 0) is 24.2 Å². The third-order valence-corrected chi connectivity index (χ3v) is 6.29. The van der Waals surface area contributed by atoms with Gasteiger partial charge in [0.25, 0.3) is 5.56 Å². The van der Waals surface area contributed by atoms with E-state index in [1.807, 2.05) is 50.2 Å². The molecule has 5 rings (SSSR count). The molecule has 0 radical (unpaired) electrons. The Bertz CT molecular complexity index is 1520. The third-order valence-electron chi connectivity index (χ3n) is 6.29. The maximum absolute atomic E-state index is 16.2. The molecular formula is C26H25FN6O2. The summed E-state index contributed by atoms with van der Waals surface area (Å²) in [6.45, 7) is 4.31. The van der Waals surface area contributed by atoms with Crippen molar-refractivity contribution in [2.24, 2.45) is 5.10 Å². The van der Waals surface area contributed by atoms with Crippen molar-refractivity contribution in [3.05, 3.63) is 87.3 Å². The first-order valence-corrected chi connectivity index (χ1v) is 11.7. The molecule has 0 bridgehead atoms. The average Bonchev–Trinajstić information content (AvgIpc) is 3.52. The number of aromatic nitrogens is 4. The molecule has 4 aromatic rings. The third kappa shape index (κ3) is 3.92. The lowest BCUT2D eigenvalue weighted by Gasteiger charge is -2.17. The zero-order valence-corrected chi connectivity index (χ0v) is 19.6. The van der Waals surface area contributed by atoms with Crippen LogP contribution in [0.5, 0.6) is 0 Å². The highest BCUT2D eigenvalue weighted by atomic mass is 19.1. The van der Waals surface area contributed by atoms with Gasteiger partial charge in [0.1, 0.15) is 12.1 Å². The molecule has 0 saturated carbocycles. The number of hydrogen-bond donors (Lipinski definition) is 1. The number of benzene rings is 2. The Morgan fingerprint density at radius 2 is 1.89 bits per heavy atom. The van der Waals surface area contributed by atoms with Crippen molar-refractivity contribution in [3.8, 4) is 11.1 Å². The molecule has 1 amide bonds. The molecule has 1 N–H and O–H groups in total. The molecule has 3 heterocycles. The SMILES string of the molecule is CCCc1c(Cc2ccc(-c3ccccc3)c(C3=NNC(=O)C3)c2F)c(=O)n(CC)c2ncnn12. The monoisotopic (exact) mass is 472 g/mol. The summed E-state index contributed by atoms with van der Waals surface area (Å²) in [4.78, 5) is 29.6. The van der Waals surface area contributed by atoms with Crippen LogP contribution in [-0.4, -0.2) is 30.8 Å². The van der Waals surface area contributed by atoms with E-state index < -0.39 is 5.82 Å². The van der Waals surface area contributed by atoms with E-state index in [0.717, 1.165) is 17.7 Å². The topological polar surface area (TPSA) is 93.6 Å². The number of nitrogens with zero attached hydrogens (tertiary/aromatic N) is 5. The predicted octanol–water partition coefficient (Wildman–Crippen LogP) is 3.48. The number of fused-ring (bicyclic) bond motifs is 1. The van der Waals surface area contributed by atoms with Gasteiger partial charge in [-0.25, -0.2) is 14.3 Å². The van der Waals surface area contributed by atoms with Crippen LogP contribution in [0.4, 0.5) is 4.39 Å². The van der Waals surface area contributed by atoms with Gasteiger partial charge < -0.3 is 0 Å². The van der Waals surface area contributed by atoms with Crippen molar-refractivity contribution in [2.75, 3.05) is 0 Å². The maximum Gasteiger partial charge on any atom is 0.258 e. The lowest BCUT2D eigenvalue weighted by atomic mass is 9.90. The molecule has 0 saturated heterocycles. The number of halogens is 1. The Morgan fingerprint density at radius 3 is 2.57 bits per heavy atom. The van der Waals surface area contributed by atoms with Crippen LogP contribution in [0.2, 0.25) is 0 Å². The number of rotatable bonds is 7. The Balaban J connectivity index is 1.70. The summed E-state index contributed by atoms with van der Waals surface area (Å²) >= 11 is 0. The highest BCUT2D eigenvalue weighted by Gasteiger charge is 2.26. The number of aryl methyl sites for hydroxylation is 2. The van der Waals surface area contributed by atoms with E-state index >= 15 is 4.39 Å². The molecule has 2 aromatic heterocycles. The molecule has 178 valence electrons. The van der Waals surface area contributed by atoms with E-state index in [9.17, 15) is 9.59 Å². The Hall–Kier alpha value is -4.14. The molecule has 0 aliphatic carbocycles. The van der Waals surface area contributed by atoms with Crippen molar-refractivity contribution in [1.82, 2.24) is 24.6 Å². The lowest BCUT2D eigenvalue weighted by molar-refractivity contribution is -0.119. The van der Waals surface area contributed by atoms with Crippen LogP contribution in [0.15, 0.2) is 58.7 Å². The predicted molar refractivity (Wildman–Crippen MR) is 131 cm³/mol. The molecule has 1 aliphatic heterocycles. The van der Waals surface area contributed by atoms with Gasteiger partial charge in [0.2, 0.25) is 11.7 Å². The van der Waals surface area contributed by atoms with Crippen molar-refractivity contribution in [3.63, 3.8) is 0 Å². The summed E-state index contributed by atoms with van der Waals surface area (Å²) in [5.41, 5.74) is 5.90. The standard InChI is InChI=1S/C26H25FN6O2/c1-3-8-21-19(25(35)32(4-2)26-28-15-29-33(21)26)13-17-11-12-18(16-9-6-5-7-10-16)23(24(17)27)20-14-22(34)31-30-20/h5-7,9-12,15H,3-4,8,13-14H2,1-2H3,(H,31,34). The summed E-state index contributed by atoms with van der Waals surface area (Å²) < 4.78 is 19.4. The van der Waals surface area contributed by atoms with Crippen LogP contribution in [0.25, 0.3) is 16.9 Å². The summed E-state index contributed by atoms with van der Waals surface area (Å²) in [6.07, 6.45) is 2.92. The van der Waals surface area contributed by atoms with Gasteiger partial charge in [0.15, 0.2) is 0 Å². The summed E-state index contributed by atoms with van der Waals surface area (Å²) in [5.74, 6) is -0.281. The van der Waals surface area contributed by atoms with E-state index in [4.69, 9.17) is 0 Å². The number of hydrogen-bond acceptors (Lipinski definition) is 5. The minimum absolute atomic E-state index is 0.00511. The molecule has 0 fully saturated rings. The second-order valence-corrected chi connectivity index (χ2v) is 8.47. The van der Waals surface area contributed by atoms with E-state index in [1.54, 1.807) is 15.1 Å². The van der Waals surface area contributed by atoms with Gasteiger partial charge in [0, 0.05) is 24.1 Å². The normalized spacial score (nSPS) is 13.3. The minimum Gasteiger partial charge on any atom is -0.277 e. The Labute approximate surface area is 201 Å². The van der Waals surface area contributed by atoms with Crippen molar-refractivity contribution >= 4 is 17.4 Å². The van der Waals surface area contributed by atoms with Crippen LogP contribution >= 0.6 is 0 Å². The fourth-order valence-electron chi connectivity index (χ4n) is 4.66. The molecule has 0 spiro atoms. The van der Waals surface area contributed by atoms with Crippen molar-refractivity contribution in [2.45, 2.75) is 46.1 Å². The molecule has 1 aliphatic rings. The summed E-state index contributed by atoms with van der Waals surface area (Å²) in [5, 5.41) is 8.44. The van der Waals surface area contributed by atoms with Crippen LogP contribution in [0, 0.1) is 5.82 Å². The number of nitrogens with one attached hydrogen (secondary N) is 1. The fraction of sp³-hybridized carbons (Fsp3) is 0.269. The zero-order valence-electron chi connectivity index (χ0n) is 19.6. The second-order valence-electron chi connectivity index (χ2n) is 8.47. The highest BCUT2D eigenvalue weighted by Crippen LogP contribution is 2.31. The van der Waals surface area contributed by atoms with Gasteiger partial charge in [-0.1, -0.05) is 55.8 Å². The molecule has 0 atom stereocenters. The van der Waals surface area contributed by atoms with Crippen molar-refractivity contribution < 1.29 is 9.18 Å².